The Hall–Kier alpha value is -1.91. The number of nitrogens with two attached hydrogens (primary N) is 1. The fraction of sp³-hybridized carbons (Fsp3) is 0.500. The minimum absolute atomic E-state index is 0.0141. The lowest BCUT2D eigenvalue weighted by Gasteiger charge is -2.20. The Morgan fingerprint density at radius 3 is 2.74 bits per heavy atom. The third-order valence-electron chi connectivity index (χ3n) is 3.22. The molecule has 19 heavy (non-hydrogen) atoms. The topological polar surface area (TPSA) is 64.8 Å². The molecule has 5 nitrogen and oxygen atoms in total. The van der Waals surface area contributed by atoms with Crippen LogP contribution >= 0.6 is 0 Å². The zero-order chi connectivity index (χ0) is 13.8. The maximum Gasteiger partial charge on any atom is 0.260 e. The molecule has 0 radical (unpaired) electrons. The standard InChI is InChI=1S/C14H20N2O3/c1-3-16(10-4-5-10)14(17)9-19-13-7-6-11(18-2)8-12(13)15/h6-8,10H,3-5,9,15H2,1-2H3. The van der Waals surface area contributed by atoms with Gasteiger partial charge in [-0.25, -0.2) is 0 Å². The van der Waals surface area contributed by atoms with Crippen molar-refractivity contribution in [1.29, 1.82) is 0 Å². The quantitative estimate of drug-likeness (QED) is 0.794. The molecule has 0 saturated heterocycles. The highest BCUT2D eigenvalue weighted by Gasteiger charge is 2.31. The van der Waals surface area contributed by atoms with Crippen molar-refractivity contribution in [3.8, 4) is 11.5 Å². The van der Waals surface area contributed by atoms with E-state index in [1.807, 2.05) is 11.8 Å². The van der Waals surface area contributed by atoms with Crippen LogP contribution in [0.25, 0.3) is 0 Å². The number of benzene rings is 1. The Balaban J connectivity index is 1.92. The summed E-state index contributed by atoms with van der Waals surface area (Å²) in [5.74, 6) is 1.20. The van der Waals surface area contributed by atoms with Crippen molar-refractivity contribution in [2.45, 2.75) is 25.8 Å². The number of carbonyl (C=O) groups excluding carboxylic acids is 1. The fourth-order valence-electron chi connectivity index (χ4n) is 2.03. The Morgan fingerprint density at radius 1 is 1.47 bits per heavy atom. The van der Waals surface area contributed by atoms with Crippen molar-refractivity contribution in [2.24, 2.45) is 0 Å². The molecule has 0 bridgehead atoms. The summed E-state index contributed by atoms with van der Waals surface area (Å²) < 4.78 is 10.5. The molecule has 1 saturated carbocycles. The smallest absolute Gasteiger partial charge is 0.260 e. The molecule has 1 amide bonds. The summed E-state index contributed by atoms with van der Waals surface area (Å²) in [6.07, 6.45) is 2.20. The average Bonchev–Trinajstić information content (AvgIpc) is 3.22. The molecule has 0 heterocycles. The van der Waals surface area contributed by atoms with Crippen LogP contribution in [0.5, 0.6) is 11.5 Å². The highest BCUT2D eigenvalue weighted by atomic mass is 16.5. The molecular weight excluding hydrogens is 244 g/mol. The number of methoxy groups -OCH3 is 1. The van der Waals surface area contributed by atoms with Crippen molar-refractivity contribution in [3.63, 3.8) is 0 Å². The number of ether oxygens (including phenoxy) is 2. The molecule has 1 aliphatic rings. The van der Waals surface area contributed by atoms with E-state index in [1.165, 1.54) is 0 Å². The maximum atomic E-state index is 12.0. The van der Waals surface area contributed by atoms with Gasteiger partial charge in [-0.2, -0.15) is 0 Å². The van der Waals surface area contributed by atoms with Gasteiger partial charge in [0.15, 0.2) is 6.61 Å². The molecule has 0 unspecified atom stereocenters. The number of rotatable bonds is 6. The number of nitrogens with zero attached hydrogens (tertiary/aromatic N) is 1. The van der Waals surface area contributed by atoms with Gasteiger partial charge in [-0.3, -0.25) is 4.79 Å². The van der Waals surface area contributed by atoms with Gasteiger partial charge in [0, 0.05) is 18.7 Å². The highest BCUT2D eigenvalue weighted by molar-refractivity contribution is 5.78. The molecule has 1 aromatic rings. The second-order valence-corrected chi connectivity index (χ2v) is 4.60. The van der Waals surface area contributed by atoms with Crippen LogP contribution in [-0.4, -0.2) is 37.1 Å². The van der Waals surface area contributed by atoms with Crippen molar-refractivity contribution in [3.05, 3.63) is 18.2 Å². The zero-order valence-corrected chi connectivity index (χ0v) is 11.4. The van der Waals surface area contributed by atoms with Crippen molar-refractivity contribution >= 4 is 11.6 Å². The Labute approximate surface area is 113 Å². The first kappa shape index (κ1) is 13.5. The summed E-state index contributed by atoms with van der Waals surface area (Å²) in [4.78, 5) is 13.9. The molecule has 0 aliphatic heterocycles. The number of likely N-dealkylation sites (N-methyl/N-ethyl adjacent to an activating group) is 1. The highest BCUT2D eigenvalue weighted by Crippen LogP contribution is 2.28. The number of anilines is 1. The van der Waals surface area contributed by atoms with Crippen LogP contribution < -0.4 is 15.2 Å². The number of hydrogen-bond donors (Lipinski definition) is 1. The first-order valence-corrected chi connectivity index (χ1v) is 6.51. The summed E-state index contributed by atoms with van der Waals surface area (Å²) in [5.41, 5.74) is 6.31. The molecule has 2 rings (SSSR count). The van der Waals surface area contributed by atoms with Crippen molar-refractivity contribution in [1.82, 2.24) is 4.90 Å². The molecule has 2 N–H and O–H groups in total. The summed E-state index contributed by atoms with van der Waals surface area (Å²) in [6, 6.07) is 5.57. The second-order valence-electron chi connectivity index (χ2n) is 4.60. The molecule has 104 valence electrons. The Kier molecular flexibility index (Phi) is 4.14. The zero-order valence-electron chi connectivity index (χ0n) is 11.4. The van der Waals surface area contributed by atoms with Gasteiger partial charge >= 0.3 is 0 Å². The summed E-state index contributed by atoms with van der Waals surface area (Å²) in [7, 11) is 1.58. The van der Waals surface area contributed by atoms with Crippen LogP contribution in [0.1, 0.15) is 19.8 Å². The lowest BCUT2D eigenvalue weighted by Crippen LogP contribution is -2.36. The minimum Gasteiger partial charge on any atom is -0.497 e. The maximum absolute atomic E-state index is 12.0. The largest absolute Gasteiger partial charge is 0.497 e. The van der Waals surface area contributed by atoms with Crippen LogP contribution in [0.15, 0.2) is 18.2 Å². The van der Waals surface area contributed by atoms with Crippen molar-refractivity contribution in [2.75, 3.05) is 26.0 Å². The van der Waals surface area contributed by atoms with Crippen LogP contribution in [0.3, 0.4) is 0 Å². The molecule has 1 aromatic carbocycles. The monoisotopic (exact) mass is 264 g/mol. The molecule has 1 aliphatic carbocycles. The number of amides is 1. The van der Waals surface area contributed by atoms with Crippen LogP contribution in [0.4, 0.5) is 5.69 Å². The van der Waals surface area contributed by atoms with E-state index in [0.29, 0.717) is 23.2 Å². The normalized spacial score (nSPS) is 14.0. The molecule has 1 fully saturated rings. The van der Waals surface area contributed by atoms with E-state index in [9.17, 15) is 4.79 Å². The van der Waals surface area contributed by atoms with E-state index in [-0.39, 0.29) is 12.5 Å². The van der Waals surface area contributed by atoms with E-state index in [1.54, 1.807) is 25.3 Å². The van der Waals surface area contributed by atoms with Crippen LogP contribution in [0, 0.1) is 0 Å². The average molecular weight is 264 g/mol. The Bertz CT molecular complexity index is 458. The summed E-state index contributed by atoms with van der Waals surface area (Å²) >= 11 is 0. The summed E-state index contributed by atoms with van der Waals surface area (Å²) in [5, 5.41) is 0. The van der Waals surface area contributed by atoms with Gasteiger partial charge in [0.25, 0.3) is 5.91 Å². The second kappa shape index (κ2) is 5.82. The lowest BCUT2D eigenvalue weighted by atomic mass is 10.3. The van der Waals surface area contributed by atoms with Gasteiger partial charge in [0.05, 0.1) is 12.8 Å². The number of carbonyl (C=O) groups is 1. The van der Waals surface area contributed by atoms with Gasteiger partial charge in [0.1, 0.15) is 11.5 Å². The predicted molar refractivity (Wildman–Crippen MR) is 73.3 cm³/mol. The third kappa shape index (κ3) is 3.30. The first-order chi connectivity index (χ1) is 9.15. The van der Waals surface area contributed by atoms with E-state index in [2.05, 4.69) is 0 Å². The Morgan fingerprint density at radius 2 is 2.21 bits per heavy atom. The van der Waals surface area contributed by atoms with Gasteiger partial charge in [-0.05, 0) is 31.9 Å². The molecule has 5 heteroatoms. The molecule has 0 atom stereocenters. The fourth-order valence-corrected chi connectivity index (χ4v) is 2.03. The molecular formula is C14H20N2O3. The minimum atomic E-state index is 0.0141. The van der Waals surface area contributed by atoms with Crippen molar-refractivity contribution < 1.29 is 14.3 Å². The predicted octanol–water partition coefficient (Wildman–Crippen LogP) is 1.67. The van der Waals surface area contributed by atoms with Gasteiger partial charge in [0.2, 0.25) is 0 Å². The van der Waals surface area contributed by atoms with Gasteiger partial charge in [-0.1, -0.05) is 0 Å². The van der Waals surface area contributed by atoms with E-state index in [0.717, 1.165) is 19.4 Å². The number of nitrogen functional groups attached to an aromatic ring is 1. The van der Waals surface area contributed by atoms with Gasteiger partial charge in [-0.15, -0.1) is 0 Å². The summed E-state index contributed by atoms with van der Waals surface area (Å²) in [6.45, 7) is 2.74. The molecule has 0 spiro atoms. The SMILES string of the molecule is CCN(C(=O)COc1ccc(OC)cc1N)C1CC1. The van der Waals surface area contributed by atoms with E-state index >= 15 is 0 Å². The van der Waals surface area contributed by atoms with Crippen LogP contribution in [0.2, 0.25) is 0 Å². The number of hydrogen-bond acceptors (Lipinski definition) is 4. The first-order valence-electron chi connectivity index (χ1n) is 6.51. The van der Waals surface area contributed by atoms with E-state index in [4.69, 9.17) is 15.2 Å². The lowest BCUT2D eigenvalue weighted by molar-refractivity contribution is -0.133. The van der Waals surface area contributed by atoms with Gasteiger partial charge < -0.3 is 20.1 Å². The third-order valence-corrected chi connectivity index (χ3v) is 3.22. The van der Waals surface area contributed by atoms with E-state index < -0.39 is 0 Å². The molecule has 0 aromatic heterocycles. The van der Waals surface area contributed by atoms with Crippen LogP contribution in [-0.2, 0) is 4.79 Å².